The van der Waals surface area contributed by atoms with Crippen LogP contribution in [0.15, 0.2) is 84.0 Å². The van der Waals surface area contributed by atoms with E-state index in [1.807, 2.05) is 72.8 Å². The largest absolute Gasteiger partial charge is 0.507 e. The van der Waals surface area contributed by atoms with Gasteiger partial charge in [-0.25, -0.2) is 5.43 Å². The minimum atomic E-state index is -0.385. The zero-order valence-electron chi connectivity index (χ0n) is 15.0. The van der Waals surface area contributed by atoms with Crippen LogP contribution in [-0.4, -0.2) is 23.8 Å². The number of hydrogen-bond acceptors (Lipinski definition) is 4. The van der Waals surface area contributed by atoms with Crippen LogP contribution >= 0.6 is 0 Å². The topological polar surface area (TPSA) is 70.9 Å². The Labute approximate surface area is 161 Å². The van der Waals surface area contributed by atoms with Crippen molar-refractivity contribution in [3.05, 3.63) is 84.4 Å². The molecule has 0 bridgehead atoms. The van der Waals surface area contributed by atoms with E-state index in [9.17, 15) is 9.90 Å². The average molecular weight is 370 g/mol. The van der Waals surface area contributed by atoms with Gasteiger partial charge in [0.25, 0.3) is 5.91 Å². The van der Waals surface area contributed by atoms with E-state index in [-0.39, 0.29) is 18.3 Å². The number of hydrazone groups is 1. The summed E-state index contributed by atoms with van der Waals surface area (Å²) in [6, 6.07) is 24.7. The Morgan fingerprint density at radius 2 is 1.64 bits per heavy atom. The Hall–Kier alpha value is -3.86. The van der Waals surface area contributed by atoms with E-state index in [1.165, 1.54) is 6.21 Å². The lowest BCUT2D eigenvalue weighted by atomic mass is 10.0. The molecule has 1 amide bonds. The molecule has 0 aliphatic heterocycles. The van der Waals surface area contributed by atoms with Crippen molar-refractivity contribution in [3.8, 4) is 11.5 Å². The molecule has 4 aromatic carbocycles. The van der Waals surface area contributed by atoms with Crippen molar-refractivity contribution in [3.63, 3.8) is 0 Å². The van der Waals surface area contributed by atoms with E-state index in [2.05, 4.69) is 10.5 Å². The highest BCUT2D eigenvalue weighted by Crippen LogP contribution is 2.25. The number of nitrogens with zero attached hydrogens (tertiary/aromatic N) is 1. The van der Waals surface area contributed by atoms with Crippen LogP contribution in [0.3, 0.4) is 0 Å². The molecule has 0 atom stereocenters. The van der Waals surface area contributed by atoms with Crippen LogP contribution in [0.2, 0.25) is 0 Å². The lowest BCUT2D eigenvalue weighted by Gasteiger charge is -2.07. The fourth-order valence-corrected chi connectivity index (χ4v) is 3.03. The normalized spacial score (nSPS) is 11.1. The highest BCUT2D eigenvalue weighted by atomic mass is 16.5. The first-order chi connectivity index (χ1) is 13.7. The highest BCUT2D eigenvalue weighted by molar-refractivity contribution is 6.02. The van der Waals surface area contributed by atoms with Crippen molar-refractivity contribution in [1.82, 2.24) is 5.43 Å². The van der Waals surface area contributed by atoms with Gasteiger partial charge in [0.15, 0.2) is 6.61 Å². The lowest BCUT2D eigenvalue weighted by Crippen LogP contribution is -2.24. The summed E-state index contributed by atoms with van der Waals surface area (Å²) < 4.78 is 5.54. The van der Waals surface area contributed by atoms with Gasteiger partial charge >= 0.3 is 0 Å². The summed E-state index contributed by atoms with van der Waals surface area (Å²) in [5, 5.41) is 18.0. The van der Waals surface area contributed by atoms with E-state index in [1.54, 1.807) is 6.07 Å². The molecule has 5 heteroatoms. The van der Waals surface area contributed by atoms with E-state index in [0.717, 1.165) is 21.5 Å². The highest BCUT2D eigenvalue weighted by Gasteiger charge is 2.06. The number of aromatic hydroxyl groups is 1. The molecule has 0 radical (unpaired) electrons. The summed E-state index contributed by atoms with van der Waals surface area (Å²) in [4.78, 5) is 12.0. The molecule has 0 saturated carbocycles. The van der Waals surface area contributed by atoms with E-state index < -0.39 is 0 Å². The van der Waals surface area contributed by atoms with Gasteiger partial charge in [0.1, 0.15) is 11.5 Å². The molecule has 2 N–H and O–H groups in total. The Bertz CT molecular complexity index is 1180. The third-order valence-corrected chi connectivity index (χ3v) is 4.42. The molecule has 28 heavy (non-hydrogen) atoms. The quantitative estimate of drug-likeness (QED) is 0.408. The number of amides is 1. The fraction of sp³-hybridized carbons (Fsp3) is 0.0435. The number of phenols is 1. The second-order valence-corrected chi connectivity index (χ2v) is 6.31. The summed E-state index contributed by atoms with van der Waals surface area (Å²) in [7, 11) is 0. The van der Waals surface area contributed by atoms with Crippen LogP contribution in [0, 0.1) is 0 Å². The van der Waals surface area contributed by atoms with Crippen LogP contribution < -0.4 is 10.2 Å². The summed E-state index contributed by atoms with van der Waals surface area (Å²) in [6.07, 6.45) is 1.44. The van der Waals surface area contributed by atoms with Gasteiger partial charge in [0.05, 0.1) is 6.21 Å². The minimum Gasteiger partial charge on any atom is -0.507 e. The van der Waals surface area contributed by atoms with Gasteiger partial charge < -0.3 is 9.84 Å². The predicted octanol–water partition coefficient (Wildman–Crippen LogP) is 4.23. The molecule has 5 nitrogen and oxygen atoms in total. The molecule has 0 unspecified atom stereocenters. The lowest BCUT2D eigenvalue weighted by molar-refractivity contribution is -0.123. The maximum Gasteiger partial charge on any atom is 0.277 e. The predicted molar refractivity (Wildman–Crippen MR) is 111 cm³/mol. The average Bonchev–Trinajstić information content (AvgIpc) is 2.73. The van der Waals surface area contributed by atoms with E-state index in [4.69, 9.17) is 4.74 Å². The third-order valence-electron chi connectivity index (χ3n) is 4.42. The van der Waals surface area contributed by atoms with Crippen molar-refractivity contribution >= 4 is 33.7 Å². The van der Waals surface area contributed by atoms with Crippen molar-refractivity contribution < 1.29 is 14.6 Å². The monoisotopic (exact) mass is 370 g/mol. The Kier molecular flexibility index (Phi) is 4.89. The molecule has 0 aliphatic carbocycles. The number of benzene rings is 4. The Morgan fingerprint density at radius 3 is 2.50 bits per heavy atom. The molecular weight excluding hydrogens is 352 g/mol. The van der Waals surface area contributed by atoms with Gasteiger partial charge in [-0.2, -0.15) is 5.10 Å². The molecule has 4 rings (SSSR count). The van der Waals surface area contributed by atoms with Crippen LogP contribution in [0.1, 0.15) is 5.56 Å². The summed E-state index contributed by atoms with van der Waals surface area (Å²) in [6.45, 7) is -0.156. The number of carbonyl (C=O) groups is 1. The van der Waals surface area contributed by atoms with Crippen molar-refractivity contribution in [2.75, 3.05) is 6.61 Å². The Balaban J connectivity index is 1.40. The van der Waals surface area contributed by atoms with Crippen LogP contribution in [0.25, 0.3) is 21.5 Å². The molecule has 138 valence electrons. The SMILES string of the molecule is O=C(COc1ccc2ccccc2c1)N/N=C/c1c(O)ccc2ccccc12. The van der Waals surface area contributed by atoms with Crippen LogP contribution in [0.5, 0.6) is 11.5 Å². The van der Waals surface area contributed by atoms with Crippen molar-refractivity contribution in [2.45, 2.75) is 0 Å². The van der Waals surface area contributed by atoms with Crippen LogP contribution in [0.4, 0.5) is 0 Å². The number of rotatable bonds is 5. The minimum absolute atomic E-state index is 0.101. The molecule has 4 aromatic rings. The number of ether oxygens (including phenoxy) is 1. The third kappa shape index (κ3) is 3.78. The molecular formula is C23H18N2O3. The van der Waals surface area contributed by atoms with Gasteiger partial charge in [0, 0.05) is 5.56 Å². The second kappa shape index (κ2) is 7.80. The smallest absolute Gasteiger partial charge is 0.277 e. The molecule has 0 aromatic heterocycles. The number of carbonyl (C=O) groups excluding carboxylic acids is 1. The zero-order chi connectivity index (χ0) is 19.3. The van der Waals surface area contributed by atoms with Gasteiger partial charge in [-0.3, -0.25) is 4.79 Å². The van der Waals surface area contributed by atoms with Gasteiger partial charge in [-0.15, -0.1) is 0 Å². The Morgan fingerprint density at radius 1 is 0.929 bits per heavy atom. The van der Waals surface area contributed by atoms with Gasteiger partial charge in [0.2, 0.25) is 0 Å². The first-order valence-electron chi connectivity index (χ1n) is 8.85. The van der Waals surface area contributed by atoms with Crippen LogP contribution in [-0.2, 0) is 4.79 Å². The summed E-state index contributed by atoms with van der Waals surface area (Å²) >= 11 is 0. The summed E-state index contributed by atoms with van der Waals surface area (Å²) in [5.41, 5.74) is 2.97. The van der Waals surface area contributed by atoms with Gasteiger partial charge in [-0.1, -0.05) is 60.7 Å². The number of nitrogens with one attached hydrogen (secondary N) is 1. The first kappa shape index (κ1) is 17.5. The summed E-state index contributed by atoms with van der Waals surface area (Å²) in [5.74, 6) is 0.331. The second-order valence-electron chi connectivity index (χ2n) is 6.31. The maximum atomic E-state index is 12.0. The zero-order valence-corrected chi connectivity index (χ0v) is 15.0. The number of fused-ring (bicyclic) bond motifs is 2. The van der Waals surface area contributed by atoms with E-state index >= 15 is 0 Å². The van der Waals surface area contributed by atoms with E-state index in [0.29, 0.717) is 11.3 Å². The number of hydrogen-bond donors (Lipinski definition) is 2. The first-order valence-corrected chi connectivity index (χ1v) is 8.85. The molecule has 0 spiro atoms. The standard InChI is InChI=1S/C23H18N2O3/c26-22-12-10-17-6-3-4-8-20(17)21(22)14-24-25-23(27)15-28-19-11-9-16-5-1-2-7-18(16)13-19/h1-14,26H,15H2,(H,25,27)/b24-14+. The molecule has 0 heterocycles. The molecule has 0 saturated heterocycles. The van der Waals surface area contributed by atoms with Crippen molar-refractivity contribution in [2.24, 2.45) is 5.10 Å². The molecule has 0 fully saturated rings. The van der Waals surface area contributed by atoms with Gasteiger partial charge in [-0.05, 0) is 39.7 Å². The molecule has 0 aliphatic rings. The number of phenolic OH excluding ortho intramolecular Hbond substituents is 1. The maximum absolute atomic E-state index is 12.0. The van der Waals surface area contributed by atoms with Crippen molar-refractivity contribution in [1.29, 1.82) is 0 Å². The fourth-order valence-electron chi connectivity index (χ4n) is 3.03.